The Kier molecular flexibility index (Phi) is 6.58. The van der Waals surface area contributed by atoms with Gasteiger partial charge >= 0.3 is 0 Å². The topological polar surface area (TPSA) is 13.0 Å². The zero-order valence-corrected chi connectivity index (χ0v) is 22.7. The fraction of sp³-hybridized carbons (Fsp3) is 0.167. The van der Waals surface area contributed by atoms with Gasteiger partial charge in [-0.25, -0.2) is 0 Å². The molecule has 40 heavy (non-hydrogen) atoms. The average Bonchev–Trinajstić information content (AvgIpc) is 3.63. The number of rotatable bonds is 8. The summed E-state index contributed by atoms with van der Waals surface area (Å²) in [4.78, 5) is 9.63. The summed E-state index contributed by atoms with van der Waals surface area (Å²) < 4.78 is 0. The average molecular weight is 523 g/mol. The van der Waals surface area contributed by atoms with Crippen molar-refractivity contribution in [2.45, 2.75) is 26.2 Å². The van der Waals surface area contributed by atoms with Gasteiger partial charge in [-0.1, -0.05) is 109 Å². The molecule has 4 nitrogen and oxygen atoms in total. The molecule has 0 atom stereocenters. The third-order valence-electron chi connectivity index (χ3n) is 8.08. The van der Waals surface area contributed by atoms with E-state index in [0.717, 1.165) is 39.5 Å². The second kappa shape index (κ2) is 10.8. The van der Waals surface area contributed by atoms with Gasteiger partial charge in [0.2, 0.25) is 0 Å². The van der Waals surface area contributed by atoms with Gasteiger partial charge in [0, 0.05) is 51.0 Å². The second-order valence-corrected chi connectivity index (χ2v) is 10.9. The maximum absolute atomic E-state index is 2.41. The first-order valence-corrected chi connectivity index (χ1v) is 14.1. The van der Waals surface area contributed by atoms with Crippen molar-refractivity contribution in [3.05, 3.63) is 156 Å². The number of nitrogens with zero attached hydrogens (tertiary/aromatic N) is 4. The summed E-state index contributed by atoms with van der Waals surface area (Å²) in [6, 6.07) is 39.5. The molecule has 2 heterocycles. The molecule has 0 aliphatic carbocycles. The maximum atomic E-state index is 2.41. The minimum Gasteiger partial charge on any atom is -0.354 e. The van der Waals surface area contributed by atoms with Gasteiger partial charge in [-0.15, -0.1) is 0 Å². The Morgan fingerprint density at radius 3 is 1.12 bits per heavy atom. The summed E-state index contributed by atoms with van der Waals surface area (Å²) in [5, 5.41) is 5.30. The van der Waals surface area contributed by atoms with Gasteiger partial charge in [-0.05, 0) is 43.8 Å². The quantitative estimate of drug-likeness (QED) is 0.209. The first-order chi connectivity index (χ1) is 19.8. The van der Waals surface area contributed by atoms with Crippen LogP contribution in [0.5, 0.6) is 0 Å². The van der Waals surface area contributed by atoms with Crippen molar-refractivity contribution in [1.82, 2.24) is 19.6 Å². The summed E-state index contributed by atoms with van der Waals surface area (Å²) in [7, 11) is 0. The van der Waals surface area contributed by atoms with Gasteiger partial charge in [0.05, 0.1) is 13.3 Å². The summed E-state index contributed by atoms with van der Waals surface area (Å²) in [5.74, 6) is 0. The van der Waals surface area contributed by atoms with Crippen molar-refractivity contribution in [2.24, 2.45) is 0 Å². The van der Waals surface area contributed by atoms with Crippen LogP contribution >= 0.6 is 0 Å². The minimum atomic E-state index is 0.903. The highest BCUT2D eigenvalue weighted by Gasteiger charge is 2.18. The molecular weight excluding hydrogens is 488 g/mol. The molecule has 198 valence electrons. The van der Waals surface area contributed by atoms with Gasteiger partial charge in [-0.2, -0.15) is 0 Å². The fourth-order valence-electron chi connectivity index (χ4n) is 6.05. The molecule has 4 heteroatoms. The first-order valence-electron chi connectivity index (χ1n) is 14.1. The van der Waals surface area contributed by atoms with E-state index in [0.29, 0.717) is 0 Å². The van der Waals surface area contributed by atoms with E-state index in [2.05, 4.69) is 154 Å². The summed E-state index contributed by atoms with van der Waals surface area (Å²) >= 11 is 0. The van der Waals surface area contributed by atoms with Gasteiger partial charge in [0.25, 0.3) is 0 Å². The van der Waals surface area contributed by atoms with Crippen molar-refractivity contribution in [3.63, 3.8) is 0 Å². The standard InChI is InChI=1S/C36H34N4/c1-2-12-32(24-38-20-22-40(28-38)26-34-16-8-14-30-10-4-6-18-36(30)34)31(11-1)23-37-19-21-39(27-37)25-33-15-7-13-29-9-3-5-17-35(29)33/h1-22H,23-28H2. The molecular formula is C36H34N4. The van der Waals surface area contributed by atoms with Crippen LogP contribution in [0.4, 0.5) is 0 Å². The van der Waals surface area contributed by atoms with Crippen LogP contribution in [0, 0.1) is 0 Å². The van der Waals surface area contributed by atoms with Crippen LogP contribution in [0.15, 0.2) is 134 Å². The highest BCUT2D eigenvalue weighted by molar-refractivity contribution is 5.86. The first kappa shape index (κ1) is 24.3. The predicted molar refractivity (Wildman–Crippen MR) is 165 cm³/mol. The highest BCUT2D eigenvalue weighted by atomic mass is 15.3. The van der Waals surface area contributed by atoms with Crippen molar-refractivity contribution in [3.8, 4) is 0 Å². The van der Waals surface area contributed by atoms with Crippen LogP contribution < -0.4 is 0 Å². The molecule has 5 aromatic rings. The number of hydrogen-bond acceptors (Lipinski definition) is 4. The van der Waals surface area contributed by atoms with Crippen LogP contribution in [-0.2, 0) is 26.2 Å². The molecule has 2 aliphatic heterocycles. The van der Waals surface area contributed by atoms with E-state index in [1.165, 1.54) is 43.8 Å². The fourth-order valence-corrected chi connectivity index (χ4v) is 6.05. The van der Waals surface area contributed by atoms with E-state index in [1.54, 1.807) is 0 Å². The van der Waals surface area contributed by atoms with E-state index < -0.39 is 0 Å². The van der Waals surface area contributed by atoms with Gasteiger partial charge in [-0.3, -0.25) is 0 Å². The largest absolute Gasteiger partial charge is 0.354 e. The monoisotopic (exact) mass is 522 g/mol. The summed E-state index contributed by atoms with van der Waals surface area (Å²) in [6.45, 7) is 5.47. The zero-order valence-electron chi connectivity index (χ0n) is 22.7. The Morgan fingerprint density at radius 1 is 0.350 bits per heavy atom. The predicted octanol–water partition coefficient (Wildman–Crippen LogP) is 7.49. The molecule has 0 radical (unpaired) electrons. The van der Waals surface area contributed by atoms with Crippen molar-refractivity contribution >= 4 is 21.5 Å². The maximum Gasteiger partial charge on any atom is 0.0900 e. The van der Waals surface area contributed by atoms with E-state index in [1.807, 2.05) is 0 Å². The lowest BCUT2D eigenvalue weighted by molar-refractivity contribution is 0.247. The van der Waals surface area contributed by atoms with Crippen molar-refractivity contribution in [1.29, 1.82) is 0 Å². The lowest BCUT2D eigenvalue weighted by atomic mass is 10.0. The van der Waals surface area contributed by atoms with E-state index in [4.69, 9.17) is 0 Å². The molecule has 0 spiro atoms. The lowest BCUT2D eigenvalue weighted by Gasteiger charge is -2.25. The van der Waals surface area contributed by atoms with Crippen LogP contribution in [0.3, 0.4) is 0 Å². The number of benzene rings is 5. The van der Waals surface area contributed by atoms with E-state index in [-0.39, 0.29) is 0 Å². The van der Waals surface area contributed by atoms with E-state index in [9.17, 15) is 0 Å². The number of hydrogen-bond donors (Lipinski definition) is 0. The molecule has 0 amide bonds. The molecule has 0 unspecified atom stereocenters. The van der Waals surface area contributed by atoms with Crippen LogP contribution in [0.2, 0.25) is 0 Å². The molecule has 0 saturated heterocycles. The van der Waals surface area contributed by atoms with Crippen molar-refractivity contribution in [2.75, 3.05) is 13.3 Å². The third kappa shape index (κ3) is 5.13. The normalized spacial score (nSPS) is 14.8. The van der Waals surface area contributed by atoms with Crippen molar-refractivity contribution < 1.29 is 0 Å². The molecule has 0 bridgehead atoms. The second-order valence-electron chi connectivity index (χ2n) is 10.9. The van der Waals surface area contributed by atoms with Gasteiger partial charge in [0.1, 0.15) is 0 Å². The van der Waals surface area contributed by atoms with Crippen LogP contribution in [0.1, 0.15) is 22.3 Å². The molecule has 0 N–H and O–H groups in total. The molecule has 0 aromatic heterocycles. The Hall–Kier alpha value is -4.70. The Bertz CT molecular complexity index is 1570. The lowest BCUT2D eigenvalue weighted by Crippen LogP contribution is -2.27. The van der Waals surface area contributed by atoms with E-state index >= 15 is 0 Å². The summed E-state index contributed by atoms with van der Waals surface area (Å²) in [6.07, 6.45) is 8.95. The molecule has 5 aromatic carbocycles. The molecule has 2 aliphatic rings. The number of fused-ring (bicyclic) bond motifs is 2. The van der Waals surface area contributed by atoms with Gasteiger partial charge < -0.3 is 19.6 Å². The smallest absolute Gasteiger partial charge is 0.0900 e. The minimum absolute atomic E-state index is 0.903. The molecule has 0 fully saturated rings. The van der Waals surface area contributed by atoms with Gasteiger partial charge in [0.15, 0.2) is 0 Å². The Balaban J connectivity index is 0.973. The molecule has 0 saturated carbocycles. The highest BCUT2D eigenvalue weighted by Crippen LogP contribution is 2.25. The zero-order chi connectivity index (χ0) is 26.7. The Labute approximate surface area is 236 Å². The van der Waals surface area contributed by atoms with Crippen LogP contribution in [-0.4, -0.2) is 32.9 Å². The summed E-state index contributed by atoms with van der Waals surface area (Å²) in [5.41, 5.74) is 5.53. The molecule has 7 rings (SSSR count). The van der Waals surface area contributed by atoms with Crippen LogP contribution in [0.25, 0.3) is 21.5 Å². The Morgan fingerprint density at radius 2 is 0.675 bits per heavy atom. The SMILES string of the molecule is C1=CN(Cc2cccc3ccccc23)CN1Cc1ccccc1CN1C=CN(Cc2cccc3ccccc23)C1. The third-order valence-corrected chi connectivity index (χ3v) is 8.08.